The van der Waals surface area contributed by atoms with E-state index in [1.54, 1.807) is 19.1 Å². The smallest absolute Gasteiger partial charge is 0.155 e. The van der Waals surface area contributed by atoms with Crippen LogP contribution in [0.5, 0.6) is 5.75 Å². The van der Waals surface area contributed by atoms with Crippen LogP contribution in [0.25, 0.3) is 6.08 Å². The van der Waals surface area contributed by atoms with E-state index >= 15 is 0 Å². The molecule has 0 atom stereocenters. The fourth-order valence-corrected chi connectivity index (χ4v) is 1.34. The van der Waals surface area contributed by atoms with Gasteiger partial charge < -0.3 is 10.1 Å². The maximum Gasteiger partial charge on any atom is 0.155 e. The summed E-state index contributed by atoms with van der Waals surface area (Å²) < 4.78 is 18.7. The van der Waals surface area contributed by atoms with E-state index in [-0.39, 0.29) is 11.6 Å². The van der Waals surface area contributed by atoms with Gasteiger partial charge in [0, 0.05) is 19.0 Å². The molecule has 0 aliphatic heterocycles. The first-order valence-electron chi connectivity index (χ1n) is 5.94. The highest BCUT2D eigenvalue weighted by Gasteiger charge is 2.00. The largest absolute Gasteiger partial charge is 0.492 e. The predicted molar refractivity (Wildman–Crippen MR) is 70.2 cm³/mol. The fourth-order valence-electron chi connectivity index (χ4n) is 1.34. The number of halogens is 1. The number of ether oxygens (including phenoxy) is 1. The molecule has 0 heterocycles. The Balaban J connectivity index is 2.74. The Bertz CT molecular complexity index is 430. The summed E-state index contributed by atoms with van der Waals surface area (Å²) >= 11 is 0. The Hall–Kier alpha value is -1.68. The number of nitrogens with one attached hydrogen (secondary N) is 1. The van der Waals surface area contributed by atoms with Crippen LogP contribution in [-0.4, -0.2) is 26.0 Å². The Labute approximate surface area is 107 Å². The monoisotopic (exact) mass is 251 g/mol. The fraction of sp³-hybridized carbons (Fsp3) is 0.357. The van der Waals surface area contributed by atoms with Crippen molar-refractivity contribution in [1.29, 1.82) is 0 Å². The lowest BCUT2D eigenvalue weighted by molar-refractivity contribution is -0.114. The van der Waals surface area contributed by atoms with Crippen LogP contribution in [0.3, 0.4) is 0 Å². The van der Waals surface area contributed by atoms with Gasteiger partial charge in [0.2, 0.25) is 0 Å². The highest BCUT2D eigenvalue weighted by molar-refractivity contribution is 5.93. The molecule has 1 aromatic rings. The molecule has 18 heavy (non-hydrogen) atoms. The van der Waals surface area contributed by atoms with Crippen LogP contribution in [0.15, 0.2) is 24.3 Å². The predicted octanol–water partition coefficient (Wildman–Crippen LogP) is 2.42. The van der Waals surface area contributed by atoms with E-state index in [0.717, 1.165) is 0 Å². The number of rotatable bonds is 7. The van der Waals surface area contributed by atoms with Gasteiger partial charge in [-0.1, -0.05) is 13.0 Å². The number of likely N-dealkylation sites (N-methyl/N-ethyl adjacent to an activating group) is 1. The molecule has 0 aliphatic rings. The highest BCUT2D eigenvalue weighted by atomic mass is 19.1. The second kappa shape index (κ2) is 7.61. The molecule has 0 fully saturated rings. The molecule has 0 bridgehead atoms. The summed E-state index contributed by atoms with van der Waals surface area (Å²) in [5.74, 6) is 0.103. The lowest BCUT2D eigenvalue weighted by Gasteiger charge is -2.06. The standard InChI is InChI=1S/C14H18FNO2/c1-3-13(17)5-4-11-8-12(15)10-14(9-11)18-7-6-16-2/h4-5,8-10,16H,3,6-7H2,1-2H3/b5-4+. The quantitative estimate of drug-likeness (QED) is 0.597. The zero-order chi connectivity index (χ0) is 13.4. The van der Waals surface area contributed by atoms with Crippen molar-refractivity contribution in [3.05, 3.63) is 35.7 Å². The molecule has 0 aromatic heterocycles. The third-order valence-corrected chi connectivity index (χ3v) is 2.32. The van der Waals surface area contributed by atoms with Gasteiger partial charge in [0.15, 0.2) is 5.78 Å². The highest BCUT2D eigenvalue weighted by Crippen LogP contribution is 2.17. The maximum atomic E-state index is 13.3. The van der Waals surface area contributed by atoms with Crippen molar-refractivity contribution in [3.63, 3.8) is 0 Å². The number of benzene rings is 1. The summed E-state index contributed by atoms with van der Waals surface area (Å²) in [5.41, 5.74) is 0.622. The third-order valence-electron chi connectivity index (χ3n) is 2.32. The van der Waals surface area contributed by atoms with E-state index in [1.807, 2.05) is 7.05 Å². The summed E-state index contributed by atoms with van der Waals surface area (Å²) in [7, 11) is 1.82. The van der Waals surface area contributed by atoms with Crippen LogP contribution in [-0.2, 0) is 4.79 Å². The van der Waals surface area contributed by atoms with Gasteiger partial charge in [0.25, 0.3) is 0 Å². The van der Waals surface area contributed by atoms with Crippen molar-refractivity contribution in [1.82, 2.24) is 5.32 Å². The average Bonchev–Trinajstić information content (AvgIpc) is 2.35. The van der Waals surface area contributed by atoms with E-state index in [9.17, 15) is 9.18 Å². The summed E-state index contributed by atoms with van der Waals surface area (Å²) in [6.07, 6.45) is 3.49. The summed E-state index contributed by atoms with van der Waals surface area (Å²) in [4.78, 5) is 11.1. The molecule has 0 saturated heterocycles. The number of carbonyl (C=O) groups is 1. The van der Waals surface area contributed by atoms with Crippen molar-refractivity contribution in [2.75, 3.05) is 20.2 Å². The molecule has 0 radical (unpaired) electrons. The molecule has 0 aliphatic carbocycles. The molecule has 98 valence electrons. The van der Waals surface area contributed by atoms with Gasteiger partial charge >= 0.3 is 0 Å². The van der Waals surface area contributed by atoms with Crippen molar-refractivity contribution in [3.8, 4) is 5.75 Å². The van der Waals surface area contributed by atoms with Crippen molar-refractivity contribution in [2.45, 2.75) is 13.3 Å². The lowest BCUT2D eigenvalue weighted by atomic mass is 10.1. The SMILES string of the molecule is CCC(=O)/C=C/c1cc(F)cc(OCCNC)c1. The van der Waals surface area contributed by atoms with Crippen molar-refractivity contribution < 1.29 is 13.9 Å². The molecular formula is C14H18FNO2. The minimum Gasteiger partial charge on any atom is -0.492 e. The van der Waals surface area contributed by atoms with Crippen LogP contribution in [0.2, 0.25) is 0 Å². The average molecular weight is 251 g/mol. The molecule has 1 rings (SSSR count). The Morgan fingerprint density at radius 3 is 2.89 bits per heavy atom. The molecular weight excluding hydrogens is 233 g/mol. The van der Waals surface area contributed by atoms with E-state index in [1.165, 1.54) is 18.2 Å². The van der Waals surface area contributed by atoms with Gasteiger partial charge in [-0.15, -0.1) is 0 Å². The van der Waals surface area contributed by atoms with Crippen molar-refractivity contribution in [2.24, 2.45) is 0 Å². The van der Waals surface area contributed by atoms with Crippen LogP contribution in [0.4, 0.5) is 4.39 Å². The topological polar surface area (TPSA) is 38.3 Å². The van der Waals surface area contributed by atoms with Gasteiger partial charge in [-0.2, -0.15) is 0 Å². The van der Waals surface area contributed by atoms with E-state index in [4.69, 9.17) is 4.74 Å². The van der Waals surface area contributed by atoms with Crippen LogP contribution >= 0.6 is 0 Å². The maximum absolute atomic E-state index is 13.3. The van der Waals surface area contributed by atoms with Crippen molar-refractivity contribution >= 4 is 11.9 Å². The number of hydrogen-bond acceptors (Lipinski definition) is 3. The number of ketones is 1. The second-order valence-corrected chi connectivity index (χ2v) is 3.83. The lowest BCUT2D eigenvalue weighted by Crippen LogP contribution is -2.16. The molecule has 4 heteroatoms. The molecule has 0 saturated carbocycles. The van der Waals surface area contributed by atoms with E-state index < -0.39 is 0 Å². The number of hydrogen-bond donors (Lipinski definition) is 1. The second-order valence-electron chi connectivity index (χ2n) is 3.83. The minimum absolute atomic E-state index is 0.0110. The zero-order valence-corrected chi connectivity index (χ0v) is 10.7. The molecule has 1 N–H and O–H groups in total. The molecule has 0 spiro atoms. The van der Waals surface area contributed by atoms with Crippen LogP contribution < -0.4 is 10.1 Å². The normalized spacial score (nSPS) is 10.8. The number of allylic oxidation sites excluding steroid dienone is 1. The van der Waals surface area contributed by atoms with Gasteiger partial charge in [0.1, 0.15) is 18.2 Å². The molecule has 3 nitrogen and oxygen atoms in total. The van der Waals surface area contributed by atoms with E-state index in [0.29, 0.717) is 30.9 Å². The first kappa shape index (κ1) is 14.4. The third kappa shape index (κ3) is 5.10. The van der Waals surface area contributed by atoms with Crippen LogP contribution in [0, 0.1) is 5.82 Å². The van der Waals surface area contributed by atoms with Gasteiger partial charge in [-0.3, -0.25) is 4.79 Å². The molecule has 1 aromatic carbocycles. The minimum atomic E-state index is -0.374. The Kier molecular flexibility index (Phi) is 6.08. The number of carbonyl (C=O) groups excluding carboxylic acids is 1. The zero-order valence-electron chi connectivity index (χ0n) is 10.7. The Morgan fingerprint density at radius 2 is 2.22 bits per heavy atom. The van der Waals surface area contributed by atoms with Gasteiger partial charge in [-0.05, 0) is 30.8 Å². The summed E-state index contributed by atoms with van der Waals surface area (Å²) in [5, 5.41) is 2.94. The first-order valence-corrected chi connectivity index (χ1v) is 5.94. The van der Waals surface area contributed by atoms with E-state index in [2.05, 4.69) is 5.32 Å². The first-order chi connectivity index (χ1) is 8.65. The molecule has 0 amide bonds. The Morgan fingerprint density at radius 1 is 1.44 bits per heavy atom. The summed E-state index contributed by atoms with van der Waals surface area (Å²) in [6, 6.07) is 4.40. The summed E-state index contributed by atoms with van der Waals surface area (Å²) in [6.45, 7) is 2.94. The van der Waals surface area contributed by atoms with Gasteiger partial charge in [-0.25, -0.2) is 4.39 Å². The van der Waals surface area contributed by atoms with Crippen LogP contribution in [0.1, 0.15) is 18.9 Å². The van der Waals surface area contributed by atoms with Gasteiger partial charge in [0.05, 0.1) is 0 Å². The molecule has 0 unspecified atom stereocenters.